The van der Waals surface area contributed by atoms with Crippen molar-refractivity contribution in [1.29, 1.82) is 0 Å². The minimum absolute atomic E-state index is 0.377. The van der Waals surface area contributed by atoms with E-state index in [-0.39, 0.29) is 0 Å². The number of hydrogen-bond donors (Lipinski definition) is 0. The van der Waals surface area contributed by atoms with Crippen molar-refractivity contribution in [3.8, 4) is 0 Å². The van der Waals surface area contributed by atoms with Crippen molar-refractivity contribution in [3.63, 3.8) is 0 Å². The van der Waals surface area contributed by atoms with Crippen LogP contribution in [0.3, 0.4) is 0 Å². The van der Waals surface area contributed by atoms with Gasteiger partial charge in [-0.1, -0.05) is 18.9 Å². The van der Waals surface area contributed by atoms with E-state index in [1.807, 2.05) is 6.08 Å². The topological polar surface area (TPSA) is 52.6 Å². The monoisotopic (exact) mass is 238 g/mol. The molecule has 0 unspecified atom stereocenters. The molecular formula is C13H18O4. The number of hydrogen-bond acceptors (Lipinski definition) is 4. The molecular weight excluding hydrogens is 220 g/mol. The Kier molecular flexibility index (Phi) is 4.94. The van der Waals surface area contributed by atoms with Gasteiger partial charge < -0.3 is 9.47 Å². The van der Waals surface area contributed by atoms with Crippen molar-refractivity contribution in [2.45, 2.75) is 46.5 Å². The molecule has 0 saturated heterocycles. The fourth-order valence-corrected chi connectivity index (χ4v) is 1.77. The van der Waals surface area contributed by atoms with E-state index < -0.39 is 11.9 Å². The quantitative estimate of drug-likeness (QED) is 0.707. The second-order valence-corrected chi connectivity index (χ2v) is 4.03. The number of allylic oxidation sites excluding steroid dienone is 3. The molecule has 0 N–H and O–H groups in total. The van der Waals surface area contributed by atoms with E-state index in [0.29, 0.717) is 17.9 Å². The molecule has 0 saturated carbocycles. The van der Waals surface area contributed by atoms with E-state index >= 15 is 0 Å². The van der Waals surface area contributed by atoms with E-state index in [2.05, 4.69) is 6.92 Å². The third-order valence-electron chi connectivity index (χ3n) is 2.37. The summed E-state index contributed by atoms with van der Waals surface area (Å²) in [7, 11) is 0. The van der Waals surface area contributed by atoms with Gasteiger partial charge in [0.15, 0.2) is 11.5 Å². The summed E-state index contributed by atoms with van der Waals surface area (Å²) in [6.07, 6.45) is 5.28. The lowest BCUT2D eigenvalue weighted by atomic mass is 9.98. The van der Waals surface area contributed by atoms with E-state index in [1.165, 1.54) is 19.4 Å². The Balaban J connectivity index is 2.91. The van der Waals surface area contributed by atoms with Crippen LogP contribution in [0, 0.1) is 0 Å². The summed E-state index contributed by atoms with van der Waals surface area (Å²) < 4.78 is 10.1. The van der Waals surface area contributed by atoms with Crippen molar-refractivity contribution >= 4 is 11.9 Å². The van der Waals surface area contributed by atoms with Crippen LogP contribution in [0.4, 0.5) is 0 Å². The lowest BCUT2D eigenvalue weighted by Crippen LogP contribution is -2.10. The summed E-state index contributed by atoms with van der Waals surface area (Å²) in [5, 5.41) is 0. The molecule has 0 spiro atoms. The van der Waals surface area contributed by atoms with Gasteiger partial charge in [0.05, 0.1) is 0 Å². The van der Waals surface area contributed by atoms with Crippen LogP contribution in [0.2, 0.25) is 0 Å². The minimum Gasteiger partial charge on any atom is -0.427 e. The first-order valence-electron chi connectivity index (χ1n) is 5.82. The molecule has 0 fully saturated rings. The number of rotatable bonds is 4. The molecule has 4 heteroatoms. The van der Waals surface area contributed by atoms with Gasteiger partial charge in [-0.25, -0.2) is 0 Å². The Morgan fingerprint density at radius 1 is 1.18 bits per heavy atom. The Bertz CT molecular complexity index is 377. The highest BCUT2D eigenvalue weighted by Crippen LogP contribution is 2.28. The third-order valence-corrected chi connectivity index (χ3v) is 2.37. The maximum atomic E-state index is 11.0. The maximum Gasteiger partial charge on any atom is 0.308 e. The van der Waals surface area contributed by atoms with Crippen LogP contribution in [0.1, 0.15) is 46.5 Å². The molecule has 0 amide bonds. The molecule has 0 bridgehead atoms. The van der Waals surface area contributed by atoms with Crippen LogP contribution in [0.5, 0.6) is 0 Å². The number of carbonyl (C=O) groups is 2. The van der Waals surface area contributed by atoms with Gasteiger partial charge in [0.25, 0.3) is 0 Å². The molecule has 0 aromatic rings. The SMILES string of the molecule is CCCC1=CC(OC(C)=O)=C(OC(C)=O)CC1. The van der Waals surface area contributed by atoms with Crippen LogP contribution in [0.25, 0.3) is 0 Å². The van der Waals surface area contributed by atoms with Gasteiger partial charge in [0.2, 0.25) is 0 Å². The van der Waals surface area contributed by atoms with Crippen LogP contribution in [-0.4, -0.2) is 11.9 Å². The van der Waals surface area contributed by atoms with Gasteiger partial charge in [-0.05, 0) is 18.9 Å². The Morgan fingerprint density at radius 2 is 1.82 bits per heavy atom. The molecule has 0 aliphatic heterocycles. The highest BCUT2D eigenvalue weighted by Gasteiger charge is 2.18. The maximum absolute atomic E-state index is 11.0. The predicted molar refractivity (Wildman–Crippen MR) is 62.8 cm³/mol. The number of carbonyl (C=O) groups excluding carboxylic acids is 2. The summed E-state index contributed by atoms with van der Waals surface area (Å²) in [6.45, 7) is 4.77. The first-order chi connectivity index (χ1) is 8.02. The molecule has 1 rings (SSSR count). The first-order valence-corrected chi connectivity index (χ1v) is 5.82. The van der Waals surface area contributed by atoms with E-state index in [0.717, 1.165) is 19.3 Å². The summed E-state index contributed by atoms with van der Waals surface area (Å²) in [5.41, 5.74) is 1.22. The van der Waals surface area contributed by atoms with Crippen LogP contribution in [-0.2, 0) is 19.1 Å². The largest absolute Gasteiger partial charge is 0.427 e. The van der Waals surface area contributed by atoms with Crippen molar-refractivity contribution in [3.05, 3.63) is 23.2 Å². The van der Waals surface area contributed by atoms with Gasteiger partial charge in [0.1, 0.15) is 0 Å². The van der Waals surface area contributed by atoms with Gasteiger partial charge in [-0.3, -0.25) is 9.59 Å². The van der Waals surface area contributed by atoms with Crippen LogP contribution < -0.4 is 0 Å². The Hall–Kier alpha value is -1.58. The second kappa shape index (κ2) is 6.23. The molecule has 1 aliphatic rings. The third kappa shape index (κ3) is 4.43. The van der Waals surface area contributed by atoms with Crippen molar-refractivity contribution in [2.75, 3.05) is 0 Å². The van der Waals surface area contributed by atoms with Crippen LogP contribution in [0.15, 0.2) is 23.2 Å². The highest BCUT2D eigenvalue weighted by atomic mass is 16.6. The molecule has 0 aromatic heterocycles. The van der Waals surface area contributed by atoms with Crippen molar-refractivity contribution < 1.29 is 19.1 Å². The average Bonchev–Trinajstić information content (AvgIpc) is 2.21. The fraction of sp³-hybridized carbons (Fsp3) is 0.538. The zero-order valence-corrected chi connectivity index (χ0v) is 10.5. The molecule has 0 heterocycles. The first kappa shape index (κ1) is 13.5. The standard InChI is InChI=1S/C13H18O4/c1-4-5-11-6-7-12(16-9(2)14)13(8-11)17-10(3)15/h8H,4-7H2,1-3H3. The van der Waals surface area contributed by atoms with Gasteiger partial charge >= 0.3 is 11.9 Å². The van der Waals surface area contributed by atoms with Crippen LogP contribution >= 0.6 is 0 Å². The summed E-state index contributed by atoms with van der Waals surface area (Å²) in [4.78, 5) is 21.9. The molecule has 0 radical (unpaired) electrons. The van der Waals surface area contributed by atoms with Gasteiger partial charge in [0, 0.05) is 20.3 Å². The lowest BCUT2D eigenvalue weighted by molar-refractivity contribution is -0.141. The number of esters is 2. The summed E-state index contributed by atoms with van der Waals surface area (Å²) in [5.74, 6) is 0.0330. The van der Waals surface area contributed by atoms with Crippen molar-refractivity contribution in [1.82, 2.24) is 0 Å². The minimum atomic E-state index is -0.404. The smallest absolute Gasteiger partial charge is 0.308 e. The van der Waals surface area contributed by atoms with Gasteiger partial charge in [-0.15, -0.1) is 0 Å². The molecule has 4 nitrogen and oxygen atoms in total. The lowest BCUT2D eigenvalue weighted by Gasteiger charge is -2.18. The molecule has 1 aliphatic carbocycles. The van der Waals surface area contributed by atoms with E-state index in [9.17, 15) is 9.59 Å². The molecule has 0 aromatic carbocycles. The van der Waals surface area contributed by atoms with E-state index in [1.54, 1.807) is 0 Å². The number of ether oxygens (including phenoxy) is 2. The Labute approximate surface area is 101 Å². The highest BCUT2D eigenvalue weighted by molar-refractivity contribution is 5.69. The van der Waals surface area contributed by atoms with E-state index in [4.69, 9.17) is 9.47 Å². The zero-order chi connectivity index (χ0) is 12.8. The molecule has 17 heavy (non-hydrogen) atoms. The normalized spacial score (nSPS) is 15.4. The van der Waals surface area contributed by atoms with Gasteiger partial charge in [-0.2, -0.15) is 0 Å². The predicted octanol–water partition coefficient (Wildman–Crippen LogP) is 2.84. The second-order valence-electron chi connectivity index (χ2n) is 4.03. The fourth-order valence-electron chi connectivity index (χ4n) is 1.77. The zero-order valence-electron chi connectivity index (χ0n) is 10.5. The molecule has 0 atom stereocenters. The summed E-state index contributed by atoms with van der Waals surface area (Å²) >= 11 is 0. The molecule has 94 valence electrons. The summed E-state index contributed by atoms with van der Waals surface area (Å²) in [6, 6.07) is 0. The van der Waals surface area contributed by atoms with Crippen molar-refractivity contribution in [2.24, 2.45) is 0 Å². The Morgan fingerprint density at radius 3 is 2.35 bits per heavy atom. The average molecular weight is 238 g/mol.